The fourth-order valence-electron chi connectivity index (χ4n) is 2.09. The molecule has 0 saturated carbocycles. The lowest BCUT2D eigenvalue weighted by atomic mass is 10.2. The molecule has 0 atom stereocenters. The van der Waals surface area contributed by atoms with Crippen molar-refractivity contribution in [3.63, 3.8) is 0 Å². The van der Waals surface area contributed by atoms with Crippen LogP contribution < -0.4 is 5.32 Å². The first kappa shape index (κ1) is 11.5. The van der Waals surface area contributed by atoms with Crippen LogP contribution >= 0.6 is 0 Å². The van der Waals surface area contributed by atoms with Crippen LogP contribution in [0.25, 0.3) is 16.9 Å². The maximum absolute atomic E-state index is 4.63. The minimum Gasteiger partial charge on any atom is -0.358 e. The average Bonchev–Trinajstić information content (AvgIpc) is 2.93. The molecule has 19 heavy (non-hydrogen) atoms. The van der Waals surface area contributed by atoms with Crippen LogP contribution in [0, 0.1) is 0 Å². The van der Waals surface area contributed by atoms with Crippen molar-refractivity contribution in [1.82, 2.24) is 9.55 Å². The molecular weight excluding hydrogens is 234 g/mol. The molecule has 0 aliphatic rings. The summed E-state index contributed by atoms with van der Waals surface area (Å²) in [5.74, 6) is 0.838. The van der Waals surface area contributed by atoms with Gasteiger partial charge in [-0.05, 0) is 12.1 Å². The second-order valence-corrected chi connectivity index (χ2v) is 4.27. The molecule has 0 aliphatic carbocycles. The zero-order chi connectivity index (χ0) is 13.1. The lowest BCUT2D eigenvalue weighted by Crippen LogP contribution is -1.99. The number of imidazole rings is 1. The van der Waals surface area contributed by atoms with Gasteiger partial charge in [-0.2, -0.15) is 0 Å². The van der Waals surface area contributed by atoms with E-state index in [0.717, 1.165) is 22.9 Å². The van der Waals surface area contributed by atoms with Crippen molar-refractivity contribution < 1.29 is 0 Å². The number of para-hydroxylation sites is 1. The number of rotatable bonds is 3. The third-order valence-electron chi connectivity index (χ3n) is 3.03. The summed E-state index contributed by atoms with van der Waals surface area (Å²) in [6, 6.07) is 20.4. The Morgan fingerprint density at radius 3 is 2.16 bits per heavy atom. The van der Waals surface area contributed by atoms with Gasteiger partial charge >= 0.3 is 0 Å². The third kappa shape index (κ3) is 2.22. The van der Waals surface area contributed by atoms with Gasteiger partial charge in [0.1, 0.15) is 0 Å². The number of nitrogens with zero attached hydrogens (tertiary/aromatic N) is 2. The molecule has 3 heteroatoms. The van der Waals surface area contributed by atoms with Gasteiger partial charge in [-0.25, -0.2) is 4.98 Å². The number of benzene rings is 2. The van der Waals surface area contributed by atoms with Gasteiger partial charge in [-0.15, -0.1) is 0 Å². The molecule has 3 rings (SSSR count). The van der Waals surface area contributed by atoms with Crippen molar-refractivity contribution in [2.24, 2.45) is 0 Å². The Labute approximate surface area is 112 Å². The standard InChI is InChI=1S/C16H15N3/c1-17-16-18-15(13-8-4-2-5-9-13)12-19(16)14-10-6-3-7-11-14/h2-12H,1H3,(H,17,18). The normalized spacial score (nSPS) is 10.4. The third-order valence-corrected chi connectivity index (χ3v) is 3.03. The molecule has 0 aliphatic heterocycles. The Balaban J connectivity index is 2.09. The number of hydrogen-bond acceptors (Lipinski definition) is 2. The first-order chi connectivity index (χ1) is 9.38. The molecule has 0 saturated heterocycles. The zero-order valence-corrected chi connectivity index (χ0v) is 10.7. The minimum absolute atomic E-state index is 0.838. The van der Waals surface area contributed by atoms with Gasteiger partial charge < -0.3 is 5.32 Å². The summed E-state index contributed by atoms with van der Waals surface area (Å²) in [7, 11) is 1.89. The van der Waals surface area contributed by atoms with Crippen molar-refractivity contribution in [2.75, 3.05) is 12.4 Å². The molecule has 0 amide bonds. The molecule has 0 spiro atoms. The summed E-state index contributed by atoms with van der Waals surface area (Å²) < 4.78 is 2.06. The summed E-state index contributed by atoms with van der Waals surface area (Å²) >= 11 is 0. The first-order valence-corrected chi connectivity index (χ1v) is 6.26. The molecule has 1 aromatic heterocycles. The zero-order valence-electron chi connectivity index (χ0n) is 10.7. The van der Waals surface area contributed by atoms with Gasteiger partial charge in [-0.3, -0.25) is 4.57 Å². The molecule has 0 unspecified atom stereocenters. The van der Waals surface area contributed by atoms with Crippen molar-refractivity contribution in [3.05, 3.63) is 66.9 Å². The molecule has 0 bridgehead atoms. The Morgan fingerprint density at radius 1 is 0.895 bits per heavy atom. The van der Waals surface area contributed by atoms with Crippen molar-refractivity contribution in [1.29, 1.82) is 0 Å². The predicted molar refractivity (Wildman–Crippen MR) is 78.5 cm³/mol. The van der Waals surface area contributed by atoms with Crippen LogP contribution in [0.5, 0.6) is 0 Å². The van der Waals surface area contributed by atoms with Crippen LogP contribution in [0.4, 0.5) is 5.95 Å². The predicted octanol–water partition coefficient (Wildman–Crippen LogP) is 3.58. The van der Waals surface area contributed by atoms with Crippen LogP contribution in [0.2, 0.25) is 0 Å². The summed E-state index contributed by atoms with van der Waals surface area (Å²) in [5, 5.41) is 3.14. The van der Waals surface area contributed by atoms with Crippen molar-refractivity contribution in [3.8, 4) is 16.9 Å². The quantitative estimate of drug-likeness (QED) is 0.769. The molecular formula is C16H15N3. The Bertz CT molecular complexity index is 657. The molecule has 1 heterocycles. The molecule has 1 N–H and O–H groups in total. The van der Waals surface area contributed by atoms with Crippen molar-refractivity contribution in [2.45, 2.75) is 0 Å². The summed E-state index contributed by atoms with van der Waals surface area (Å²) in [5.41, 5.74) is 3.18. The molecule has 2 aromatic carbocycles. The Kier molecular flexibility index (Phi) is 3.02. The maximum Gasteiger partial charge on any atom is 0.207 e. The van der Waals surface area contributed by atoms with E-state index in [2.05, 4.69) is 45.3 Å². The van der Waals surface area contributed by atoms with Gasteiger partial charge in [0.2, 0.25) is 5.95 Å². The van der Waals surface area contributed by atoms with Gasteiger partial charge in [0.15, 0.2) is 0 Å². The Hall–Kier alpha value is -2.55. The second-order valence-electron chi connectivity index (χ2n) is 4.27. The lowest BCUT2D eigenvalue weighted by molar-refractivity contribution is 1.05. The maximum atomic E-state index is 4.63. The van der Waals surface area contributed by atoms with Crippen LogP contribution in [-0.2, 0) is 0 Å². The van der Waals surface area contributed by atoms with Crippen LogP contribution in [-0.4, -0.2) is 16.6 Å². The molecule has 0 fully saturated rings. The number of aromatic nitrogens is 2. The molecule has 3 nitrogen and oxygen atoms in total. The lowest BCUT2D eigenvalue weighted by Gasteiger charge is -2.05. The van der Waals surface area contributed by atoms with Crippen LogP contribution in [0.15, 0.2) is 66.9 Å². The van der Waals surface area contributed by atoms with E-state index in [1.54, 1.807) is 0 Å². The van der Waals surface area contributed by atoms with Crippen molar-refractivity contribution >= 4 is 5.95 Å². The topological polar surface area (TPSA) is 29.9 Å². The summed E-state index contributed by atoms with van der Waals surface area (Å²) in [6.07, 6.45) is 2.05. The van der Waals surface area contributed by atoms with E-state index in [0.29, 0.717) is 0 Å². The van der Waals surface area contributed by atoms with E-state index in [4.69, 9.17) is 0 Å². The highest BCUT2D eigenvalue weighted by Gasteiger charge is 2.09. The molecule has 0 radical (unpaired) electrons. The monoisotopic (exact) mass is 249 g/mol. The van der Waals surface area contributed by atoms with Crippen LogP contribution in [0.3, 0.4) is 0 Å². The highest BCUT2D eigenvalue weighted by atomic mass is 15.2. The van der Waals surface area contributed by atoms with E-state index in [1.807, 2.05) is 43.4 Å². The Morgan fingerprint density at radius 2 is 1.53 bits per heavy atom. The minimum atomic E-state index is 0.838. The highest BCUT2D eigenvalue weighted by Crippen LogP contribution is 2.23. The largest absolute Gasteiger partial charge is 0.358 e. The highest BCUT2D eigenvalue weighted by molar-refractivity contribution is 5.62. The van der Waals surface area contributed by atoms with E-state index < -0.39 is 0 Å². The van der Waals surface area contributed by atoms with Gasteiger partial charge in [-0.1, -0.05) is 48.5 Å². The van der Waals surface area contributed by atoms with Gasteiger partial charge in [0.25, 0.3) is 0 Å². The number of nitrogens with one attached hydrogen (secondary N) is 1. The number of hydrogen-bond donors (Lipinski definition) is 1. The van der Waals surface area contributed by atoms with E-state index >= 15 is 0 Å². The summed E-state index contributed by atoms with van der Waals surface area (Å²) in [4.78, 5) is 4.63. The van der Waals surface area contributed by atoms with Gasteiger partial charge in [0, 0.05) is 24.5 Å². The van der Waals surface area contributed by atoms with Crippen LogP contribution in [0.1, 0.15) is 0 Å². The average molecular weight is 249 g/mol. The molecule has 3 aromatic rings. The fraction of sp³-hybridized carbons (Fsp3) is 0.0625. The number of anilines is 1. The second kappa shape index (κ2) is 4.98. The fourth-order valence-corrected chi connectivity index (χ4v) is 2.09. The van der Waals surface area contributed by atoms with E-state index in [1.165, 1.54) is 0 Å². The van der Waals surface area contributed by atoms with E-state index in [-0.39, 0.29) is 0 Å². The summed E-state index contributed by atoms with van der Waals surface area (Å²) in [6.45, 7) is 0. The molecule has 94 valence electrons. The first-order valence-electron chi connectivity index (χ1n) is 6.26. The smallest absolute Gasteiger partial charge is 0.207 e. The van der Waals surface area contributed by atoms with E-state index in [9.17, 15) is 0 Å². The van der Waals surface area contributed by atoms with Gasteiger partial charge in [0.05, 0.1) is 5.69 Å². The SMILES string of the molecule is CNc1nc(-c2ccccc2)cn1-c1ccccc1.